The van der Waals surface area contributed by atoms with Gasteiger partial charge in [-0.05, 0) is 48.2 Å². The third-order valence-electron chi connectivity index (χ3n) is 3.51. The first kappa shape index (κ1) is 15.8. The molecular formula is C18H20BrNO. The topological polar surface area (TPSA) is 29.1 Å². The summed E-state index contributed by atoms with van der Waals surface area (Å²) in [5, 5.41) is 3.20. The number of hydrogen-bond donors (Lipinski definition) is 1. The van der Waals surface area contributed by atoms with E-state index in [1.165, 1.54) is 11.1 Å². The minimum Gasteiger partial charge on any atom is -0.378 e. The highest BCUT2D eigenvalue weighted by molar-refractivity contribution is 9.10. The van der Waals surface area contributed by atoms with Gasteiger partial charge in [0, 0.05) is 15.7 Å². The lowest BCUT2D eigenvalue weighted by atomic mass is 9.97. The number of benzene rings is 2. The van der Waals surface area contributed by atoms with Crippen LogP contribution in [0, 0.1) is 6.92 Å². The van der Waals surface area contributed by atoms with Gasteiger partial charge in [0.1, 0.15) is 0 Å². The highest BCUT2D eigenvalue weighted by Gasteiger charge is 2.07. The molecule has 0 aliphatic carbocycles. The van der Waals surface area contributed by atoms with Crippen molar-refractivity contribution in [2.45, 2.75) is 26.7 Å². The summed E-state index contributed by atoms with van der Waals surface area (Å²) in [5.41, 5.74) is 4.31. The number of nitrogens with one attached hydrogen (secondary N) is 1. The van der Waals surface area contributed by atoms with Crippen LogP contribution in [0.5, 0.6) is 0 Å². The normalized spacial score (nSPS) is 10.7. The number of aryl methyl sites for hydroxylation is 1. The summed E-state index contributed by atoms with van der Waals surface area (Å²) >= 11 is 3.37. The summed E-state index contributed by atoms with van der Waals surface area (Å²) in [6.07, 6.45) is 0. The van der Waals surface area contributed by atoms with Crippen LogP contribution in [0.15, 0.2) is 46.9 Å². The zero-order valence-electron chi connectivity index (χ0n) is 12.6. The van der Waals surface area contributed by atoms with E-state index < -0.39 is 0 Å². The Hall–Kier alpha value is -1.61. The Bertz CT molecular complexity index is 632. The molecule has 0 saturated heterocycles. The molecule has 3 heteroatoms. The molecule has 110 valence electrons. The van der Waals surface area contributed by atoms with Crippen molar-refractivity contribution in [3.05, 3.63) is 63.6 Å². The van der Waals surface area contributed by atoms with Crippen molar-refractivity contribution >= 4 is 27.4 Å². The predicted molar refractivity (Wildman–Crippen MR) is 92.2 cm³/mol. The molecule has 0 aromatic heterocycles. The van der Waals surface area contributed by atoms with Gasteiger partial charge in [-0.15, -0.1) is 0 Å². The first-order valence-corrected chi connectivity index (χ1v) is 7.90. The van der Waals surface area contributed by atoms with E-state index >= 15 is 0 Å². The summed E-state index contributed by atoms with van der Waals surface area (Å²) in [6.45, 7) is 6.79. The van der Waals surface area contributed by atoms with Gasteiger partial charge in [-0.2, -0.15) is 0 Å². The van der Waals surface area contributed by atoms with E-state index in [1.807, 2.05) is 30.3 Å². The monoisotopic (exact) mass is 345 g/mol. The molecule has 0 bridgehead atoms. The lowest BCUT2D eigenvalue weighted by molar-refractivity contribution is 0.101. The Kier molecular flexibility index (Phi) is 5.18. The Balaban J connectivity index is 2.01. The van der Waals surface area contributed by atoms with E-state index in [0.717, 1.165) is 15.7 Å². The van der Waals surface area contributed by atoms with Gasteiger partial charge in [0.2, 0.25) is 0 Å². The van der Waals surface area contributed by atoms with Crippen LogP contribution in [0.3, 0.4) is 0 Å². The number of ketones is 1. The molecule has 0 amide bonds. The lowest BCUT2D eigenvalue weighted by Gasteiger charge is -2.12. The molecule has 0 aliphatic heterocycles. The summed E-state index contributed by atoms with van der Waals surface area (Å²) in [5.74, 6) is 0.608. The number of anilines is 1. The quantitative estimate of drug-likeness (QED) is 0.756. The van der Waals surface area contributed by atoms with Crippen LogP contribution in [-0.2, 0) is 0 Å². The van der Waals surface area contributed by atoms with E-state index in [0.29, 0.717) is 12.5 Å². The second-order valence-corrected chi connectivity index (χ2v) is 6.43. The molecule has 2 nitrogen and oxygen atoms in total. The van der Waals surface area contributed by atoms with Crippen molar-refractivity contribution in [2.75, 3.05) is 11.9 Å². The Morgan fingerprint density at radius 3 is 2.38 bits per heavy atom. The fourth-order valence-corrected chi connectivity index (χ4v) is 2.62. The van der Waals surface area contributed by atoms with Crippen molar-refractivity contribution in [3.63, 3.8) is 0 Å². The maximum absolute atomic E-state index is 12.1. The molecule has 2 rings (SSSR count). The van der Waals surface area contributed by atoms with Gasteiger partial charge >= 0.3 is 0 Å². The zero-order valence-corrected chi connectivity index (χ0v) is 14.2. The first-order valence-electron chi connectivity index (χ1n) is 7.10. The third kappa shape index (κ3) is 4.18. The number of halogens is 1. The highest BCUT2D eigenvalue weighted by atomic mass is 79.9. The number of hydrogen-bond acceptors (Lipinski definition) is 2. The van der Waals surface area contributed by atoms with Crippen LogP contribution in [-0.4, -0.2) is 12.3 Å². The number of carbonyl (C=O) groups excluding carboxylic acids is 1. The molecule has 2 aromatic rings. The van der Waals surface area contributed by atoms with Gasteiger partial charge in [-0.3, -0.25) is 4.79 Å². The average Bonchev–Trinajstić information content (AvgIpc) is 2.45. The number of rotatable bonds is 5. The van der Waals surface area contributed by atoms with Crippen molar-refractivity contribution < 1.29 is 4.79 Å². The van der Waals surface area contributed by atoms with Crippen molar-refractivity contribution in [1.82, 2.24) is 0 Å². The third-order valence-corrected chi connectivity index (χ3v) is 4.04. The zero-order chi connectivity index (χ0) is 15.4. The van der Waals surface area contributed by atoms with Crippen LogP contribution in [0.2, 0.25) is 0 Å². The molecule has 1 N–H and O–H groups in total. The first-order chi connectivity index (χ1) is 9.97. The lowest BCUT2D eigenvalue weighted by Crippen LogP contribution is -2.14. The van der Waals surface area contributed by atoms with Crippen molar-refractivity contribution in [2.24, 2.45) is 0 Å². The number of Topliss-reactive ketones (excluding diaryl/α,β-unsaturated/α-hetero) is 1. The van der Waals surface area contributed by atoms with E-state index in [9.17, 15) is 4.79 Å². The minimum absolute atomic E-state index is 0.0908. The second kappa shape index (κ2) is 6.90. The molecule has 21 heavy (non-hydrogen) atoms. The summed E-state index contributed by atoms with van der Waals surface area (Å²) in [6, 6.07) is 13.7. The molecule has 0 atom stereocenters. The molecule has 0 aliphatic rings. The fraction of sp³-hybridized carbons (Fsp3) is 0.278. The standard InChI is InChI=1S/C18H20BrNO/c1-12(2)17-9-8-16(10-13(17)3)20-11-18(21)14-4-6-15(19)7-5-14/h4-10,12,20H,11H2,1-3H3. The Morgan fingerprint density at radius 1 is 1.14 bits per heavy atom. The molecule has 0 saturated carbocycles. The molecule has 2 aromatic carbocycles. The SMILES string of the molecule is Cc1cc(NCC(=O)c2ccc(Br)cc2)ccc1C(C)C. The molecule has 0 unspecified atom stereocenters. The van der Waals surface area contributed by atoms with Gasteiger partial charge < -0.3 is 5.32 Å². The van der Waals surface area contributed by atoms with E-state index in [1.54, 1.807) is 0 Å². The van der Waals surface area contributed by atoms with Crippen molar-refractivity contribution in [1.29, 1.82) is 0 Å². The van der Waals surface area contributed by atoms with Gasteiger partial charge in [0.05, 0.1) is 6.54 Å². The molecule has 0 heterocycles. The van der Waals surface area contributed by atoms with Gasteiger partial charge in [-0.25, -0.2) is 0 Å². The maximum Gasteiger partial charge on any atom is 0.181 e. The Morgan fingerprint density at radius 2 is 1.81 bits per heavy atom. The Labute approximate surface area is 134 Å². The maximum atomic E-state index is 12.1. The molecule has 0 spiro atoms. The largest absolute Gasteiger partial charge is 0.378 e. The summed E-state index contributed by atoms with van der Waals surface area (Å²) < 4.78 is 0.979. The van der Waals surface area contributed by atoms with Crippen LogP contribution in [0.1, 0.15) is 41.3 Å². The van der Waals surface area contributed by atoms with Crippen molar-refractivity contribution in [3.8, 4) is 0 Å². The van der Waals surface area contributed by atoms with E-state index in [-0.39, 0.29) is 5.78 Å². The number of carbonyl (C=O) groups is 1. The van der Waals surface area contributed by atoms with E-state index in [2.05, 4.69) is 54.2 Å². The molecule has 0 fully saturated rings. The van der Waals surface area contributed by atoms with Crippen LogP contribution >= 0.6 is 15.9 Å². The van der Waals surface area contributed by atoms with Gasteiger partial charge in [-0.1, -0.05) is 48.0 Å². The van der Waals surface area contributed by atoms with Crippen LogP contribution < -0.4 is 5.32 Å². The van der Waals surface area contributed by atoms with Crippen LogP contribution in [0.4, 0.5) is 5.69 Å². The fourth-order valence-electron chi connectivity index (χ4n) is 2.35. The second-order valence-electron chi connectivity index (χ2n) is 5.51. The van der Waals surface area contributed by atoms with Crippen LogP contribution in [0.25, 0.3) is 0 Å². The predicted octanol–water partition coefficient (Wildman–Crippen LogP) is 5.18. The minimum atomic E-state index is 0.0908. The molecule has 0 radical (unpaired) electrons. The highest BCUT2D eigenvalue weighted by Crippen LogP contribution is 2.22. The molecular weight excluding hydrogens is 326 g/mol. The smallest absolute Gasteiger partial charge is 0.181 e. The van der Waals surface area contributed by atoms with E-state index in [4.69, 9.17) is 0 Å². The average molecular weight is 346 g/mol. The van der Waals surface area contributed by atoms with Gasteiger partial charge in [0.15, 0.2) is 5.78 Å². The summed E-state index contributed by atoms with van der Waals surface area (Å²) in [7, 11) is 0. The summed E-state index contributed by atoms with van der Waals surface area (Å²) in [4.78, 5) is 12.1. The van der Waals surface area contributed by atoms with Gasteiger partial charge in [0.25, 0.3) is 0 Å².